The number of halogens is 2. The second-order valence-corrected chi connectivity index (χ2v) is 5.28. The molecule has 0 saturated carbocycles. The maximum atomic E-state index is 13.8. The molecule has 1 amide bonds. The summed E-state index contributed by atoms with van der Waals surface area (Å²) in [7, 11) is 1.54. The lowest BCUT2D eigenvalue weighted by Gasteiger charge is -2.18. The molecule has 2 N–H and O–H groups in total. The molecule has 0 aromatic heterocycles. The van der Waals surface area contributed by atoms with E-state index in [1.807, 2.05) is 6.07 Å². The van der Waals surface area contributed by atoms with Crippen LogP contribution in [0.1, 0.15) is 15.9 Å². The monoisotopic (exact) mass is 336 g/mol. The minimum Gasteiger partial charge on any atom is -0.326 e. The Labute approximate surface area is 125 Å². The smallest absolute Gasteiger partial charge is 0.258 e. The predicted octanol–water partition coefficient (Wildman–Crippen LogP) is 3.32. The van der Waals surface area contributed by atoms with Crippen molar-refractivity contribution in [3.8, 4) is 0 Å². The summed E-state index contributed by atoms with van der Waals surface area (Å²) in [5.74, 6) is -0.726. The third kappa shape index (κ3) is 3.05. The summed E-state index contributed by atoms with van der Waals surface area (Å²) in [5, 5.41) is 0. The van der Waals surface area contributed by atoms with Crippen LogP contribution in [-0.4, -0.2) is 13.0 Å². The van der Waals surface area contributed by atoms with Crippen molar-refractivity contribution in [3.05, 3.63) is 63.9 Å². The van der Waals surface area contributed by atoms with E-state index in [1.54, 1.807) is 37.4 Å². The van der Waals surface area contributed by atoms with Gasteiger partial charge in [0.1, 0.15) is 5.82 Å². The van der Waals surface area contributed by atoms with Gasteiger partial charge in [0.15, 0.2) is 0 Å². The summed E-state index contributed by atoms with van der Waals surface area (Å²) in [6.45, 7) is 0.357. The third-order valence-electron chi connectivity index (χ3n) is 2.98. The fourth-order valence-electron chi connectivity index (χ4n) is 1.88. The molecule has 104 valence electrons. The Hall–Kier alpha value is -1.72. The van der Waals surface area contributed by atoms with Crippen molar-refractivity contribution >= 4 is 27.5 Å². The van der Waals surface area contributed by atoms with Crippen molar-refractivity contribution in [2.24, 2.45) is 5.73 Å². The molecule has 0 aliphatic heterocycles. The summed E-state index contributed by atoms with van der Waals surface area (Å²) in [5.41, 5.74) is 7.12. The molecule has 2 aromatic rings. The van der Waals surface area contributed by atoms with Gasteiger partial charge in [0.05, 0.1) is 5.69 Å². The van der Waals surface area contributed by atoms with Crippen molar-refractivity contribution in [2.75, 3.05) is 11.9 Å². The Morgan fingerprint density at radius 1 is 1.30 bits per heavy atom. The molecule has 0 saturated heterocycles. The molecule has 3 nitrogen and oxygen atoms in total. The van der Waals surface area contributed by atoms with Gasteiger partial charge in [-0.1, -0.05) is 28.1 Å². The van der Waals surface area contributed by atoms with Gasteiger partial charge < -0.3 is 10.6 Å². The van der Waals surface area contributed by atoms with Gasteiger partial charge in [-0.25, -0.2) is 4.39 Å². The molecule has 20 heavy (non-hydrogen) atoms. The van der Waals surface area contributed by atoms with Crippen LogP contribution < -0.4 is 10.6 Å². The van der Waals surface area contributed by atoms with Crippen LogP contribution >= 0.6 is 15.9 Å². The molecule has 5 heteroatoms. The highest BCUT2D eigenvalue weighted by molar-refractivity contribution is 9.10. The first-order valence-electron chi connectivity index (χ1n) is 6.05. The number of benzene rings is 2. The summed E-state index contributed by atoms with van der Waals surface area (Å²) in [6, 6.07) is 11.5. The Kier molecular flexibility index (Phi) is 4.52. The third-order valence-corrected chi connectivity index (χ3v) is 3.48. The first-order valence-corrected chi connectivity index (χ1v) is 6.84. The number of anilines is 1. The first kappa shape index (κ1) is 14.7. The minimum atomic E-state index is -0.445. The predicted molar refractivity (Wildman–Crippen MR) is 81.2 cm³/mol. The Balaban J connectivity index is 2.34. The van der Waals surface area contributed by atoms with E-state index in [9.17, 15) is 9.18 Å². The molecule has 0 aliphatic carbocycles. The number of carbonyl (C=O) groups is 1. The highest BCUT2D eigenvalue weighted by Crippen LogP contribution is 2.24. The number of hydrogen-bond acceptors (Lipinski definition) is 2. The van der Waals surface area contributed by atoms with E-state index in [-0.39, 0.29) is 11.6 Å². The quantitative estimate of drug-likeness (QED) is 0.934. The topological polar surface area (TPSA) is 46.3 Å². The van der Waals surface area contributed by atoms with Gasteiger partial charge in [0, 0.05) is 23.6 Å². The molecule has 0 fully saturated rings. The normalized spacial score (nSPS) is 10.4. The van der Waals surface area contributed by atoms with Gasteiger partial charge in [-0.05, 0) is 35.9 Å². The fraction of sp³-hybridized carbons (Fsp3) is 0.133. The van der Waals surface area contributed by atoms with Gasteiger partial charge in [-0.15, -0.1) is 0 Å². The fourth-order valence-corrected chi connectivity index (χ4v) is 2.23. The maximum Gasteiger partial charge on any atom is 0.258 e. The molecule has 2 aromatic carbocycles. The number of nitrogens with two attached hydrogens (primary N) is 1. The van der Waals surface area contributed by atoms with E-state index in [0.29, 0.717) is 16.6 Å². The van der Waals surface area contributed by atoms with E-state index < -0.39 is 5.82 Å². The molecule has 0 bridgehead atoms. The Morgan fingerprint density at radius 3 is 2.75 bits per heavy atom. The highest BCUT2D eigenvalue weighted by Gasteiger charge is 2.17. The molecule has 2 rings (SSSR count). The highest BCUT2D eigenvalue weighted by atomic mass is 79.9. The summed E-state index contributed by atoms with van der Waals surface area (Å²) in [4.78, 5) is 13.7. The van der Waals surface area contributed by atoms with Crippen molar-refractivity contribution < 1.29 is 9.18 Å². The van der Waals surface area contributed by atoms with Crippen LogP contribution in [0, 0.1) is 5.82 Å². The van der Waals surface area contributed by atoms with E-state index >= 15 is 0 Å². The van der Waals surface area contributed by atoms with Gasteiger partial charge in [-0.3, -0.25) is 4.79 Å². The van der Waals surface area contributed by atoms with Crippen molar-refractivity contribution in [3.63, 3.8) is 0 Å². The number of amides is 1. The van der Waals surface area contributed by atoms with E-state index in [1.165, 1.54) is 11.0 Å². The lowest BCUT2D eigenvalue weighted by molar-refractivity contribution is 0.0992. The molecule has 0 heterocycles. The summed E-state index contributed by atoms with van der Waals surface area (Å²) >= 11 is 3.27. The zero-order valence-electron chi connectivity index (χ0n) is 10.9. The van der Waals surface area contributed by atoms with E-state index in [2.05, 4.69) is 15.9 Å². The largest absolute Gasteiger partial charge is 0.326 e. The first-order chi connectivity index (χ1) is 9.52. The molecular weight excluding hydrogens is 323 g/mol. The molecule has 0 spiro atoms. The minimum absolute atomic E-state index is 0.225. The van der Waals surface area contributed by atoms with Gasteiger partial charge >= 0.3 is 0 Å². The van der Waals surface area contributed by atoms with E-state index in [4.69, 9.17) is 5.73 Å². The average Bonchev–Trinajstić information content (AvgIpc) is 2.48. The molecule has 0 aliphatic rings. The van der Waals surface area contributed by atoms with Gasteiger partial charge in [0.2, 0.25) is 0 Å². The number of hydrogen-bond donors (Lipinski definition) is 1. The summed E-state index contributed by atoms with van der Waals surface area (Å²) in [6.07, 6.45) is 0. The lowest BCUT2D eigenvalue weighted by Crippen LogP contribution is -2.27. The zero-order valence-corrected chi connectivity index (χ0v) is 12.5. The van der Waals surface area contributed by atoms with Crippen molar-refractivity contribution in [1.82, 2.24) is 0 Å². The molecule has 0 radical (unpaired) electrons. The van der Waals surface area contributed by atoms with Crippen LogP contribution in [-0.2, 0) is 6.54 Å². The SMILES string of the molecule is CN(C(=O)c1cccc(CN)c1)c1cc(Br)ccc1F. The average molecular weight is 337 g/mol. The van der Waals surface area contributed by atoms with Crippen molar-refractivity contribution in [1.29, 1.82) is 0 Å². The standard InChI is InChI=1S/C15H14BrFN2O/c1-19(14-8-12(16)5-6-13(14)17)15(20)11-4-2-3-10(7-11)9-18/h2-8H,9,18H2,1H3. The van der Waals surface area contributed by atoms with Crippen LogP contribution in [0.3, 0.4) is 0 Å². The Morgan fingerprint density at radius 2 is 2.05 bits per heavy atom. The Bertz CT molecular complexity index is 646. The second kappa shape index (κ2) is 6.15. The number of carbonyl (C=O) groups excluding carboxylic acids is 1. The van der Waals surface area contributed by atoms with Crippen LogP contribution in [0.2, 0.25) is 0 Å². The van der Waals surface area contributed by atoms with Crippen molar-refractivity contribution in [2.45, 2.75) is 6.54 Å². The van der Waals surface area contributed by atoms with E-state index in [0.717, 1.165) is 5.56 Å². The van der Waals surface area contributed by atoms with Gasteiger partial charge in [0.25, 0.3) is 5.91 Å². The zero-order chi connectivity index (χ0) is 14.7. The second-order valence-electron chi connectivity index (χ2n) is 4.36. The molecular formula is C15H14BrFN2O. The lowest BCUT2D eigenvalue weighted by atomic mass is 10.1. The van der Waals surface area contributed by atoms with Crippen LogP contribution in [0.25, 0.3) is 0 Å². The maximum absolute atomic E-state index is 13.8. The number of nitrogens with zero attached hydrogens (tertiary/aromatic N) is 1. The molecule has 0 unspecified atom stereocenters. The number of rotatable bonds is 3. The molecule has 0 atom stereocenters. The summed E-state index contributed by atoms with van der Waals surface area (Å²) < 4.78 is 14.5. The van der Waals surface area contributed by atoms with Crippen LogP contribution in [0.15, 0.2) is 46.9 Å². The van der Waals surface area contributed by atoms with Gasteiger partial charge in [-0.2, -0.15) is 0 Å². The van der Waals surface area contributed by atoms with Crippen LogP contribution in [0.4, 0.5) is 10.1 Å². The van der Waals surface area contributed by atoms with Crippen LogP contribution in [0.5, 0.6) is 0 Å².